The molecular formula is C11H18N2S3. The summed E-state index contributed by atoms with van der Waals surface area (Å²) < 4.78 is 0. The van der Waals surface area contributed by atoms with Crippen LogP contribution in [-0.2, 0) is 0 Å². The molecule has 90 valence electrons. The number of nitrogens with zero attached hydrogens (tertiary/aromatic N) is 1. The number of thiazole rings is 1. The number of aryl methyl sites for hydroxylation is 1. The predicted octanol–water partition coefficient (Wildman–Crippen LogP) is 2.95. The van der Waals surface area contributed by atoms with Crippen LogP contribution in [-0.4, -0.2) is 34.0 Å². The molecule has 0 saturated carbocycles. The van der Waals surface area contributed by atoms with Crippen molar-refractivity contribution in [3.05, 3.63) is 16.1 Å². The van der Waals surface area contributed by atoms with Crippen LogP contribution in [0.4, 0.5) is 0 Å². The van der Waals surface area contributed by atoms with E-state index in [2.05, 4.69) is 53.1 Å². The molecule has 5 heteroatoms. The minimum absolute atomic E-state index is 0.384. The van der Waals surface area contributed by atoms with E-state index in [9.17, 15) is 0 Å². The van der Waals surface area contributed by atoms with Crippen LogP contribution in [0.1, 0.15) is 23.7 Å². The zero-order valence-corrected chi connectivity index (χ0v) is 12.2. The lowest BCUT2D eigenvalue weighted by Crippen LogP contribution is -2.35. The van der Waals surface area contributed by atoms with Crippen molar-refractivity contribution in [2.75, 3.05) is 23.0 Å². The summed E-state index contributed by atoms with van der Waals surface area (Å²) in [5.41, 5.74) is 1.20. The maximum atomic E-state index is 4.54. The van der Waals surface area contributed by atoms with Crippen molar-refractivity contribution in [1.29, 1.82) is 0 Å². The molecule has 0 bridgehead atoms. The second-order valence-corrected chi connectivity index (χ2v) is 7.39. The van der Waals surface area contributed by atoms with Gasteiger partial charge in [0.25, 0.3) is 0 Å². The summed E-state index contributed by atoms with van der Waals surface area (Å²) in [6.45, 7) is 4.28. The van der Waals surface area contributed by atoms with Gasteiger partial charge in [0.15, 0.2) is 0 Å². The van der Waals surface area contributed by atoms with Crippen LogP contribution in [0.15, 0.2) is 5.38 Å². The van der Waals surface area contributed by atoms with Crippen molar-refractivity contribution in [1.82, 2.24) is 10.3 Å². The monoisotopic (exact) mass is 274 g/mol. The lowest BCUT2D eigenvalue weighted by atomic mass is 10.2. The van der Waals surface area contributed by atoms with Crippen molar-refractivity contribution in [3.63, 3.8) is 0 Å². The fraction of sp³-hybridized carbons (Fsp3) is 0.727. The zero-order valence-electron chi connectivity index (χ0n) is 9.73. The zero-order chi connectivity index (χ0) is 11.4. The van der Waals surface area contributed by atoms with Gasteiger partial charge in [-0.1, -0.05) is 0 Å². The Hall–Kier alpha value is 0.290. The van der Waals surface area contributed by atoms with E-state index in [1.807, 2.05) is 0 Å². The summed E-state index contributed by atoms with van der Waals surface area (Å²) in [5, 5.41) is 7.02. The molecule has 0 amide bonds. The Kier molecular flexibility index (Phi) is 5.00. The number of hydrogen-bond acceptors (Lipinski definition) is 5. The molecule has 1 aromatic rings. The first kappa shape index (κ1) is 12.7. The second kappa shape index (κ2) is 6.28. The van der Waals surface area contributed by atoms with Gasteiger partial charge in [-0.2, -0.15) is 23.5 Å². The molecule has 16 heavy (non-hydrogen) atoms. The molecule has 0 aromatic carbocycles. The lowest BCUT2D eigenvalue weighted by molar-refractivity contribution is 0.509. The van der Waals surface area contributed by atoms with Crippen LogP contribution in [0.5, 0.6) is 0 Å². The van der Waals surface area contributed by atoms with Crippen LogP contribution >= 0.6 is 34.9 Å². The van der Waals surface area contributed by atoms with Crippen molar-refractivity contribution >= 4 is 34.9 Å². The highest BCUT2D eigenvalue weighted by Gasteiger charge is 2.17. The highest BCUT2D eigenvalue weighted by Crippen LogP contribution is 2.20. The standard InChI is InChI=1S/C11H18N2S3/c1-8(11-7-16-9(2)13-11)12-10-5-14-3-4-15-6-10/h7-8,10,12H,3-6H2,1-2H3/t8-/m1/s1. The molecule has 1 aliphatic rings. The molecule has 1 saturated heterocycles. The molecule has 1 aliphatic heterocycles. The fourth-order valence-electron chi connectivity index (χ4n) is 1.73. The van der Waals surface area contributed by atoms with Crippen LogP contribution in [0, 0.1) is 6.92 Å². The van der Waals surface area contributed by atoms with Gasteiger partial charge in [0.05, 0.1) is 10.7 Å². The Morgan fingerprint density at radius 3 is 2.62 bits per heavy atom. The van der Waals surface area contributed by atoms with Gasteiger partial charge in [-0.05, 0) is 13.8 Å². The Morgan fingerprint density at radius 2 is 2.06 bits per heavy atom. The van der Waals surface area contributed by atoms with E-state index in [1.165, 1.54) is 28.7 Å². The third kappa shape index (κ3) is 3.65. The van der Waals surface area contributed by atoms with E-state index < -0.39 is 0 Å². The normalized spacial score (nSPS) is 20.6. The van der Waals surface area contributed by atoms with Gasteiger partial charge in [0.1, 0.15) is 0 Å². The minimum atomic E-state index is 0.384. The van der Waals surface area contributed by atoms with Crippen LogP contribution in [0.3, 0.4) is 0 Å². The van der Waals surface area contributed by atoms with Crippen LogP contribution in [0.25, 0.3) is 0 Å². The van der Waals surface area contributed by atoms with Crippen LogP contribution < -0.4 is 5.32 Å². The van der Waals surface area contributed by atoms with Gasteiger partial charge in [-0.25, -0.2) is 4.98 Å². The van der Waals surface area contributed by atoms with E-state index in [4.69, 9.17) is 0 Å². The SMILES string of the molecule is Cc1nc([C@@H](C)NC2CSCCSC2)cs1. The third-order valence-electron chi connectivity index (χ3n) is 2.58. The summed E-state index contributed by atoms with van der Waals surface area (Å²) in [5.74, 6) is 5.07. The van der Waals surface area contributed by atoms with Crippen molar-refractivity contribution < 1.29 is 0 Å². The maximum Gasteiger partial charge on any atom is 0.0898 e. The van der Waals surface area contributed by atoms with Gasteiger partial charge in [-0.3, -0.25) is 0 Å². The highest BCUT2D eigenvalue weighted by atomic mass is 32.2. The molecule has 2 heterocycles. The summed E-state index contributed by atoms with van der Waals surface area (Å²) in [6, 6.07) is 1.02. The van der Waals surface area contributed by atoms with Crippen LogP contribution in [0.2, 0.25) is 0 Å². The number of hydrogen-bond donors (Lipinski definition) is 1. The molecule has 1 atom stereocenters. The van der Waals surface area contributed by atoms with Gasteiger partial charge in [0, 0.05) is 40.5 Å². The van der Waals surface area contributed by atoms with Gasteiger partial charge >= 0.3 is 0 Å². The number of nitrogens with one attached hydrogen (secondary N) is 1. The second-order valence-electron chi connectivity index (χ2n) is 4.03. The summed E-state index contributed by atoms with van der Waals surface area (Å²) in [6.07, 6.45) is 0. The molecule has 2 nitrogen and oxygen atoms in total. The largest absolute Gasteiger partial charge is 0.304 e. The topological polar surface area (TPSA) is 24.9 Å². The average Bonchev–Trinajstić information content (AvgIpc) is 2.54. The summed E-state index contributed by atoms with van der Waals surface area (Å²) in [4.78, 5) is 4.54. The molecule has 1 fully saturated rings. The number of aromatic nitrogens is 1. The molecule has 2 rings (SSSR count). The minimum Gasteiger partial charge on any atom is -0.304 e. The molecular weight excluding hydrogens is 256 g/mol. The van der Waals surface area contributed by atoms with Crippen molar-refractivity contribution in [2.24, 2.45) is 0 Å². The smallest absolute Gasteiger partial charge is 0.0898 e. The van der Waals surface area contributed by atoms with Crippen molar-refractivity contribution in [3.8, 4) is 0 Å². The Morgan fingerprint density at radius 1 is 1.38 bits per heavy atom. The Bertz CT molecular complexity index is 319. The summed E-state index contributed by atoms with van der Waals surface area (Å²) >= 11 is 5.87. The predicted molar refractivity (Wildman–Crippen MR) is 76.8 cm³/mol. The molecule has 1 N–H and O–H groups in total. The lowest BCUT2D eigenvalue weighted by Gasteiger charge is -2.20. The van der Waals surface area contributed by atoms with E-state index in [0.717, 1.165) is 5.01 Å². The first-order valence-corrected chi connectivity index (χ1v) is 8.78. The maximum absolute atomic E-state index is 4.54. The number of thioether (sulfide) groups is 2. The Labute approximate surface area is 110 Å². The molecule has 0 spiro atoms. The summed E-state index contributed by atoms with van der Waals surface area (Å²) in [7, 11) is 0. The fourth-order valence-corrected chi connectivity index (χ4v) is 4.86. The molecule has 1 aromatic heterocycles. The van der Waals surface area contributed by atoms with Crippen molar-refractivity contribution in [2.45, 2.75) is 25.9 Å². The van der Waals surface area contributed by atoms with Gasteiger partial charge in [0.2, 0.25) is 0 Å². The Balaban J connectivity index is 1.88. The van der Waals surface area contributed by atoms with Gasteiger partial charge < -0.3 is 5.32 Å². The van der Waals surface area contributed by atoms with E-state index in [1.54, 1.807) is 11.3 Å². The first-order chi connectivity index (χ1) is 7.75. The first-order valence-electron chi connectivity index (χ1n) is 5.59. The van der Waals surface area contributed by atoms with Gasteiger partial charge in [-0.15, -0.1) is 11.3 Å². The van der Waals surface area contributed by atoms with E-state index >= 15 is 0 Å². The molecule has 0 aliphatic carbocycles. The average molecular weight is 274 g/mol. The molecule has 0 radical (unpaired) electrons. The number of rotatable bonds is 3. The highest BCUT2D eigenvalue weighted by molar-refractivity contribution is 8.03. The third-order valence-corrected chi connectivity index (χ3v) is 5.89. The quantitative estimate of drug-likeness (QED) is 0.916. The van der Waals surface area contributed by atoms with E-state index in [0.29, 0.717) is 12.1 Å². The van der Waals surface area contributed by atoms with E-state index in [-0.39, 0.29) is 0 Å². The molecule has 0 unspecified atom stereocenters.